The Kier molecular flexibility index (Phi) is 4.81. The van der Waals surface area contributed by atoms with E-state index in [1.54, 1.807) is 6.92 Å². The lowest BCUT2D eigenvalue weighted by Gasteiger charge is -2.14. The Morgan fingerprint density at radius 1 is 1.56 bits per heavy atom. The van der Waals surface area contributed by atoms with Gasteiger partial charge in [-0.25, -0.2) is 4.98 Å². The van der Waals surface area contributed by atoms with Gasteiger partial charge in [0.15, 0.2) is 0 Å². The molecule has 1 rings (SSSR count). The predicted molar refractivity (Wildman–Crippen MR) is 57.0 cm³/mol. The van der Waals surface area contributed by atoms with Crippen LogP contribution in [0.3, 0.4) is 0 Å². The van der Waals surface area contributed by atoms with Crippen LogP contribution < -0.4 is 5.32 Å². The number of aliphatic hydroxyl groups excluding tert-OH is 1. The van der Waals surface area contributed by atoms with Gasteiger partial charge >= 0.3 is 0 Å². The van der Waals surface area contributed by atoms with Crippen LogP contribution in [0.4, 0.5) is 0 Å². The van der Waals surface area contributed by atoms with E-state index in [1.807, 2.05) is 0 Å². The lowest BCUT2D eigenvalue weighted by molar-refractivity contribution is 0.0834. The third-order valence-corrected chi connectivity index (χ3v) is 1.94. The molecule has 0 saturated carbocycles. The molecule has 0 aliphatic carbocycles. The molecule has 16 heavy (non-hydrogen) atoms. The van der Waals surface area contributed by atoms with Crippen LogP contribution in [0.25, 0.3) is 0 Å². The first-order chi connectivity index (χ1) is 7.67. The third-order valence-electron chi connectivity index (χ3n) is 1.94. The van der Waals surface area contributed by atoms with E-state index in [0.717, 1.165) is 5.69 Å². The average molecular weight is 225 g/mol. The summed E-state index contributed by atoms with van der Waals surface area (Å²) in [5.74, 6) is -0.372. The van der Waals surface area contributed by atoms with Gasteiger partial charge in [-0.05, 0) is 6.92 Å². The zero-order valence-corrected chi connectivity index (χ0v) is 9.30. The summed E-state index contributed by atoms with van der Waals surface area (Å²) in [6.45, 7) is 1.86. The first-order valence-electron chi connectivity index (χ1n) is 4.86. The molecular formula is C10H15N3O3. The van der Waals surface area contributed by atoms with E-state index in [1.165, 1.54) is 19.5 Å². The molecule has 6 heteroatoms. The van der Waals surface area contributed by atoms with E-state index in [-0.39, 0.29) is 24.8 Å². The van der Waals surface area contributed by atoms with Crippen molar-refractivity contribution in [2.75, 3.05) is 20.3 Å². The minimum Gasteiger partial charge on any atom is -0.394 e. The van der Waals surface area contributed by atoms with Gasteiger partial charge in [0.2, 0.25) is 0 Å². The molecule has 1 aromatic heterocycles. The summed E-state index contributed by atoms with van der Waals surface area (Å²) >= 11 is 0. The van der Waals surface area contributed by atoms with Gasteiger partial charge in [0.05, 0.1) is 31.1 Å². The van der Waals surface area contributed by atoms with Crippen molar-refractivity contribution in [3.63, 3.8) is 0 Å². The molecule has 0 radical (unpaired) electrons. The summed E-state index contributed by atoms with van der Waals surface area (Å²) < 4.78 is 4.84. The first-order valence-corrected chi connectivity index (χ1v) is 4.86. The number of carbonyl (C=O) groups is 1. The van der Waals surface area contributed by atoms with Gasteiger partial charge < -0.3 is 15.2 Å². The number of aromatic nitrogens is 2. The van der Waals surface area contributed by atoms with Crippen molar-refractivity contribution in [3.8, 4) is 0 Å². The van der Waals surface area contributed by atoms with Gasteiger partial charge in [0, 0.05) is 13.3 Å². The van der Waals surface area contributed by atoms with Crippen molar-refractivity contribution >= 4 is 5.91 Å². The summed E-state index contributed by atoms with van der Waals surface area (Å²) in [6, 6.07) is -0.430. The molecule has 0 spiro atoms. The molecule has 1 amide bonds. The molecule has 1 aromatic rings. The summed E-state index contributed by atoms with van der Waals surface area (Å²) in [7, 11) is 1.50. The normalized spacial score (nSPS) is 12.2. The highest BCUT2D eigenvalue weighted by Gasteiger charge is 2.13. The number of nitrogens with zero attached hydrogens (tertiary/aromatic N) is 2. The molecule has 0 fully saturated rings. The van der Waals surface area contributed by atoms with E-state index in [9.17, 15) is 4.79 Å². The van der Waals surface area contributed by atoms with Crippen molar-refractivity contribution in [3.05, 3.63) is 23.8 Å². The highest BCUT2D eigenvalue weighted by Crippen LogP contribution is 1.95. The summed E-state index contributed by atoms with van der Waals surface area (Å²) in [6.07, 6.45) is 2.91. The molecule has 0 aliphatic heterocycles. The minimum absolute atomic E-state index is 0.182. The van der Waals surface area contributed by atoms with Crippen LogP contribution in [0.15, 0.2) is 12.4 Å². The van der Waals surface area contributed by atoms with Crippen LogP contribution in [0.2, 0.25) is 0 Å². The molecule has 2 N–H and O–H groups in total. The van der Waals surface area contributed by atoms with Gasteiger partial charge in [-0.3, -0.25) is 9.78 Å². The van der Waals surface area contributed by atoms with Crippen LogP contribution in [0.5, 0.6) is 0 Å². The van der Waals surface area contributed by atoms with Crippen molar-refractivity contribution in [1.29, 1.82) is 0 Å². The topological polar surface area (TPSA) is 84.3 Å². The van der Waals surface area contributed by atoms with Crippen LogP contribution in [-0.2, 0) is 4.74 Å². The fourth-order valence-electron chi connectivity index (χ4n) is 1.11. The van der Waals surface area contributed by atoms with E-state index in [2.05, 4.69) is 15.3 Å². The fraction of sp³-hybridized carbons (Fsp3) is 0.500. The highest BCUT2D eigenvalue weighted by molar-refractivity contribution is 5.92. The van der Waals surface area contributed by atoms with E-state index in [4.69, 9.17) is 9.84 Å². The average Bonchev–Trinajstić information content (AvgIpc) is 2.29. The van der Waals surface area contributed by atoms with Gasteiger partial charge in [-0.1, -0.05) is 0 Å². The number of hydrogen-bond acceptors (Lipinski definition) is 5. The van der Waals surface area contributed by atoms with Crippen LogP contribution >= 0.6 is 0 Å². The second kappa shape index (κ2) is 6.14. The molecule has 1 heterocycles. The quantitative estimate of drug-likeness (QED) is 0.707. The predicted octanol–water partition coefficient (Wildman–Crippen LogP) is -0.478. The molecule has 0 saturated heterocycles. The standard InChI is InChI=1S/C10H15N3O3/c1-7-3-12-9(4-11-7)10(15)13-8(5-14)6-16-2/h3-4,8,14H,5-6H2,1-2H3,(H,13,15). The van der Waals surface area contributed by atoms with Crippen LogP contribution in [0, 0.1) is 6.92 Å². The number of amides is 1. The molecule has 6 nitrogen and oxygen atoms in total. The van der Waals surface area contributed by atoms with Gasteiger partial charge in [0.1, 0.15) is 5.69 Å². The number of rotatable bonds is 5. The molecule has 0 aliphatic rings. The Bertz CT molecular complexity index is 340. The molecule has 88 valence electrons. The Morgan fingerprint density at radius 3 is 2.81 bits per heavy atom. The number of hydrogen-bond donors (Lipinski definition) is 2. The van der Waals surface area contributed by atoms with Crippen molar-refractivity contribution in [2.24, 2.45) is 0 Å². The lowest BCUT2D eigenvalue weighted by Crippen LogP contribution is -2.41. The number of ether oxygens (including phenoxy) is 1. The van der Waals surface area contributed by atoms with E-state index < -0.39 is 6.04 Å². The van der Waals surface area contributed by atoms with E-state index in [0.29, 0.717) is 0 Å². The fourth-order valence-corrected chi connectivity index (χ4v) is 1.11. The third kappa shape index (κ3) is 3.56. The Balaban J connectivity index is 2.60. The summed E-state index contributed by atoms with van der Waals surface area (Å²) in [5, 5.41) is 11.6. The van der Waals surface area contributed by atoms with Crippen molar-refractivity contribution < 1.29 is 14.6 Å². The second-order valence-electron chi connectivity index (χ2n) is 3.35. The number of aryl methyl sites for hydroxylation is 1. The molecule has 1 atom stereocenters. The molecule has 0 aromatic carbocycles. The monoisotopic (exact) mass is 225 g/mol. The summed E-state index contributed by atoms with van der Waals surface area (Å²) in [5.41, 5.74) is 0.965. The maximum Gasteiger partial charge on any atom is 0.271 e. The second-order valence-corrected chi connectivity index (χ2v) is 3.35. The number of nitrogens with one attached hydrogen (secondary N) is 1. The number of methoxy groups -OCH3 is 1. The van der Waals surface area contributed by atoms with Gasteiger partial charge in [-0.15, -0.1) is 0 Å². The summed E-state index contributed by atoms with van der Waals surface area (Å²) in [4.78, 5) is 19.5. The highest BCUT2D eigenvalue weighted by atomic mass is 16.5. The van der Waals surface area contributed by atoms with Crippen molar-refractivity contribution in [2.45, 2.75) is 13.0 Å². The molecule has 0 bridgehead atoms. The number of aliphatic hydroxyl groups is 1. The largest absolute Gasteiger partial charge is 0.394 e. The Labute approximate surface area is 93.7 Å². The molecular weight excluding hydrogens is 210 g/mol. The van der Waals surface area contributed by atoms with Gasteiger partial charge in [0.25, 0.3) is 5.91 Å². The lowest BCUT2D eigenvalue weighted by atomic mass is 10.3. The Morgan fingerprint density at radius 2 is 2.31 bits per heavy atom. The van der Waals surface area contributed by atoms with Crippen molar-refractivity contribution in [1.82, 2.24) is 15.3 Å². The number of carbonyl (C=O) groups excluding carboxylic acids is 1. The maximum absolute atomic E-state index is 11.6. The first kappa shape index (κ1) is 12.5. The zero-order chi connectivity index (χ0) is 12.0. The van der Waals surface area contributed by atoms with Gasteiger partial charge in [-0.2, -0.15) is 0 Å². The van der Waals surface area contributed by atoms with Crippen LogP contribution in [0.1, 0.15) is 16.2 Å². The van der Waals surface area contributed by atoms with Crippen LogP contribution in [-0.4, -0.2) is 47.3 Å². The minimum atomic E-state index is -0.430. The zero-order valence-electron chi connectivity index (χ0n) is 9.30. The SMILES string of the molecule is COCC(CO)NC(=O)c1cnc(C)cn1. The smallest absolute Gasteiger partial charge is 0.271 e. The van der Waals surface area contributed by atoms with E-state index >= 15 is 0 Å². The Hall–Kier alpha value is -1.53. The molecule has 1 unspecified atom stereocenters. The maximum atomic E-state index is 11.6.